The molecule has 0 saturated carbocycles. The van der Waals surface area contributed by atoms with Crippen molar-refractivity contribution >= 4 is 32.6 Å². The average Bonchev–Trinajstić information content (AvgIpc) is 4.01. The first-order chi connectivity index (χ1) is 33.2. The molecule has 1 unspecified atom stereocenters. The standard InChI is InChI=1S/C66H43N/c1-4-18-43(19-5-1)45-22-16-27-50(38-45)67-63-37-35-47(46-34-36-56-57(39-46)52-29-12-13-31-55(52)65(56)54-32-17-21-44-20-10-11-28-51(44)54)40-59(63)60-41-58-53-30-14-15-33-61(53)66(62(58)42-64(60)67,48-23-6-2-7-24-48)49-25-8-3-9-26-49/h1-42,65H. The number of nitrogens with zero attached hydrogens (tertiary/aromatic N) is 1. The smallest absolute Gasteiger partial charge is 0.0714 e. The van der Waals surface area contributed by atoms with Crippen LogP contribution in [-0.2, 0) is 5.41 Å². The van der Waals surface area contributed by atoms with Crippen LogP contribution in [0.1, 0.15) is 44.9 Å². The molecule has 0 N–H and O–H groups in total. The molecule has 67 heavy (non-hydrogen) atoms. The Kier molecular flexibility index (Phi) is 8.33. The van der Waals surface area contributed by atoms with Gasteiger partial charge in [0.1, 0.15) is 0 Å². The van der Waals surface area contributed by atoms with Gasteiger partial charge in [-0.2, -0.15) is 0 Å². The van der Waals surface area contributed by atoms with Crippen molar-refractivity contribution in [2.45, 2.75) is 11.3 Å². The largest absolute Gasteiger partial charge is 0.309 e. The van der Waals surface area contributed by atoms with Crippen LogP contribution < -0.4 is 0 Å². The first-order valence-electron chi connectivity index (χ1n) is 23.4. The molecule has 0 aliphatic heterocycles. The fraction of sp³-hybridized carbons (Fsp3) is 0.0303. The molecule has 14 rings (SSSR count). The molecule has 1 aromatic heterocycles. The summed E-state index contributed by atoms with van der Waals surface area (Å²) in [4.78, 5) is 0. The second kappa shape index (κ2) is 14.8. The van der Waals surface area contributed by atoms with E-state index in [1.165, 1.54) is 116 Å². The van der Waals surface area contributed by atoms with Gasteiger partial charge in [-0.15, -0.1) is 0 Å². The predicted molar refractivity (Wildman–Crippen MR) is 279 cm³/mol. The molecule has 0 amide bonds. The van der Waals surface area contributed by atoms with Gasteiger partial charge >= 0.3 is 0 Å². The van der Waals surface area contributed by atoms with E-state index in [4.69, 9.17) is 0 Å². The Morgan fingerprint density at radius 1 is 0.299 bits per heavy atom. The Morgan fingerprint density at radius 3 is 1.70 bits per heavy atom. The minimum Gasteiger partial charge on any atom is -0.309 e. The number of hydrogen-bond acceptors (Lipinski definition) is 0. The Hall–Kier alpha value is -8.52. The lowest BCUT2D eigenvalue weighted by Crippen LogP contribution is -2.28. The van der Waals surface area contributed by atoms with Gasteiger partial charge in [0, 0.05) is 22.4 Å². The second-order valence-electron chi connectivity index (χ2n) is 18.3. The zero-order valence-corrected chi connectivity index (χ0v) is 36.8. The maximum Gasteiger partial charge on any atom is 0.0714 e. The molecule has 2 aliphatic rings. The van der Waals surface area contributed by atoms with Crippen LogP contribution in [-0.4, -0.2) is 4.57 Å². The van der Waals surface area contributed by atoms with E-state index in [2.05, 4.69) is 259 Å². The van der Waals surface area contributed by atoms with Crippen molar-refractivity contribution in [2.24, 2.45) is 0 Å². The quantitative estimate of drug-likeness (QED) is 0.157. The molecule has 0 fully saturated rings. The summed E-state index contributed by atoms with van der Waals surface area (Å²) in [6.45, 7) is 0. The maximum absolute atomic E-state index is 2.53. The van der Waals surface area contributed by atoms with Crippen molar-refractivity contribution in [1.29, 1.82) is 0 Å². The first-order valence-corrected chi connectivity index (χ1v) is 23.4. The molecule has 0 radical (unpaired) electrons. The SMILES string of the molecule is c1ccc(-c2cccc(-n3c4ccc(-c5ccc6c(c5)-c5ccccc5C6c5cccc6ccccc56)cc4c4cc5c(cc43)C(c3ccccc3)(c3ccccc3)c3ccccc3-5)c2)cc1. The van der Waals surface area contributed by atoms with E-state index < -0.39 is 5.41 Å². The van der Waals surface area contributed by atoms with Gasteiger partial charge in [-0.1, -0.05) is 212 Å². The third-order valence-corrected chi connectivity index (χ3v) is 14.9. The van der Waals surface area contributed by atoms with Crippen molar-refractivity contribution in [1.82, 2.24) is 4.57 Å². The third-order valence-electron chi connectivity index (χ3n) is 14.9. The number of fused-ring (bicyclic) bond motifs is 10. The van der Waals surface area contributed by atoms with Crippen LogP contribution in [0.5, 0.6) is 0 Å². The number of rotatable bonds is 6. The summed E-state index contributed by atoms with van der Waals surface area (Å²) in [7, 11) is 0. The zero-order valence-electron chi connectivity index (χ0n) is 36.8. The van der Waals surface area contributed by atoms with Crippen LogP contribution in [0.15, 0.2) is 255 Å². The lowest BCUT2D eigenvalue weighted by Gasteiger charge is -2.34. The van der Waals surface area contributed by atoms with Crippen molar-refractivity contribution in [3.63, 3.8) is 0 Å². The van der Waals surface area contributed by atoms with E-state index in [0.717, 1.165) is 5.69 Å². The first kappa shape index (κ1) is 37.8. The molecule has 1 heteroatoms. The summed E-state index contributed by atoms with van der Waals surface area (Å²) in [5, 5.41) is 5.08. The highest BCUT2D eigenvalue weighted by molar-refractivity contribution is 6.13. The molecule has 0 spiro atoms. The number of hydrogen-bond donors (Lipinski definition) is 0. The Morgan fingerprint density at radius 2 is 0.881 bits per heavy atom. The fourth-order valence-electron chi connectivity index (χ4n) is 12.1. The predicted octanol–water partition coefficient (Wildman–Crippen LogP) is 16.8. The van der Waals surface area contributed by atoms with Crippen LogP contribution in [0.25, 0.3) is 82.8 Å². The summed E-state index contributed by atoms with van der Waals surface area (Å²) >= 11 is 0. The van der Waals surface area contributed by atoms with E-state index in [0.29, 0.717) is 0 Å². The van der Waals surface area contributed by atoms with Gasteiger partial charge in [0.15, 0.2) is 0 Å². The highest BCUT2D eigenvalue weighted by Gasteiger charge is 2.46. The number of benzene rings is 11. The Labute approximate surface area is 390 Å². The molecule has 12 aromatic rings. The average molecular weight is 850 g/mol. The lowest BCUT2D eigenvalue weighted by molar-refractivity contribution is 0.769. The van der Waals surface area contributed by atoms with Crippen molar-refractivity contribution in [2.75, 3.05) is 0 Å². The summed E-state index contributed by atoms with van der Waals surface area (Å²) in [6, 6.07) is 95.2. The molecular weight excluding hydrogens is 807 g/mol. The highest BCUT2D eigenvalue weighted by atomic mass is 15.0. The van der Waals surface area contributed by atoms with Crippen LogP contribution >= 0.6 is 0 Å². The van der Waals surface area contributed by atoms with E-state index in [1.807, 2.05) is 0 Å². The summed E-state index contributed by atoms with van der Waals surface area (Å²) in [6.07, 6.45) is 0. The van der Waals surface area contributed by atoms with E-state index in [9.17, 15) is 0 Å². The zero-order chi connectivity index (χ0) is 44.1. The Balaban J connectivity index is 1.02. The Bertz CT molecular complexity index is 3870. The molecule has 1 nitrogen and oxygen atoms in total. The van der Waals surface area contributed by atoms with Crippen molar-refractivity contribution in [3.05, 3.63) is 294 Å². The number of aromatic nitrogens is 1. The molecular formula is C66H43N. The fourth-order valence-corrected chi connectivity index (χ4v) is 12.1. The van der Waals surface area contributed by atoms with Gasteiger partial charge < -0.3 is 4.57 Å². The molecule has 11 aromatic carbocycles. The minimum absolute atomic E-state index is 0.169. The molecule has 2 aliphatic carbocycles. The molecule has 0 saturated heterocycles. The van der Waals surface area contributed by atoms with Crippen molar-refractivity contribution in [3.8, 4) is 50.2 Å². The molecule has 1 heterocycles. The molecule has 312 valence electrons. The van der Waals surface area contributed by atoms with Crippen LogP contribution in [0, 0.1) is 0 Å². The maximum atomic E-state index is 2.53. The topological polar surface area (TPSA) is 4.93 Å². The normalized spacial score (nSPS) is 14.2. The third kappa shape index (κ3) is 5.55. The minimum atomic E-state index is -0.508. The van der Waals surface area contributed by atoms with Gasteiger partial charge in [0.25, 0.3) is 0 Å². The molecule has 0 bridgehead atoms. The summed E-state index contributed by atoms with van der Waals surface area (Å²) in [5.74, 6) is 0.169. The van der Waals surface area contributed by atoms with Crippen LogP contribution in [0.2, 0.25) is 0 Å². The monoisotopic (exact) mass is 849 g/mol. The summed E-state index contributed by atoms with van der Waals surface area (Å²) in [5.41, 5.74) is 22.3. The molecule has 1 atom stereocenters. The summed E-state index contributed by atoms with van der Waals surface area (Å²) < 4.78 is 2.51. The van der Waals surface area contributed by atoms with Gasteiger partial charge in [-0.05, 0) is 137 Å². The highest BCUT2D eigenvalue weighted by Crippen LogP contribution is 2.58. The van der Waals surface area contributed by atoms with Gasteiger partial charge in [0.05, 0.1) is 16.4 Å². The van der Waals surface area contributed by atoms with Gasteiger partial charge in [-0.25, -0.2) is 0 Å². The van der Waals surface area contributed by atoms with E-state index in [-0.39, 0.29) is 5.92 Å². The van der Waals surface area contributed by atoms with Crippen LogP contribution in [0.4, 0.5) is 0 Å². The second-order valence-corrected chi connectivity index (χ2v) is 18.3. The van der Waals surface area contributed by atoms with Gasteiger partial charge in [0.2, 0.25) is 0 Å². The van der Waals surface area contributed by atoms with E-state index in [1.54, 1.807) is 0 Å². The van der Waals surface area contributed by atoms with Crippen LogP contribution in [0.3, 0.4) is 0 Å². The van der Waals surface area contributed by atoms with Gasteiger partial charge in [-0.3, -0.25) is 0 Å². The van der Waals surface area contributed by atoms with Crippen molar-refractivity contribution < 1.29 is 0 Å². The lowest BCUT2D eigenvalue weighted by atomic mass is 9.67. The van der Waals surface area contributed by atoms with E-state index >= 15 is 0 Å².